The zero-order valence-electron chi connectivity index (χ0n) is 7.59. The second-order valence-corrected chi connectivity index (χ2v) is 4.11. The van der Waals surface area contributed by atoms with Crippen LogP contribution in [0, 0.1) is 5.82 Å². The SMILES string of the molecule is Fc1ccc([C@H]2COCCN2)cc1Br. The van der Waals surface area contributed by atoms with Gasteiger partial charge in [0.1, 0.15) is 5.82 Å². The number of ether oxygens (including phenoxy) is 1. The maximum Gasteiger partial charge on any atom is 0.137 e. The summed E-state index contributed by atoms with van der Waals surface area (Å²) in [6, 6.07) is 5.23. The Balaban J connectivity index is 2.18. The van der Waals surface area contributed by atoms with Crippen molar-refractivity contribution >= 4 is 15.9 Å². The van der Waals surface area contributed by atoms with Crippen LogP contribution < -0.4 is 5.32 Å². The highest BCUT2D eigenvalue weighted by Crippen LogP contribution is 2.22. The molecular weight excluding hydrogens is 249 g/mol. The third-order valence-corrected chi connectivity index (χ3v) is 2.88. The molecule has 1 aromatic rings. The van der Waals surface area contributed by atoms with Crippen LogP contribution in [0.2, 0.25) is 0 Å². The lowest BCUT2D eigenvalue weighted by Gasteiger charge is -2.24. The standard InChI is InChI=1S/C10H11BrFNO/c11-8-5-7(1-2-9(8)12)10-6-14-4-3-13-10/h1-2,5,10,13H,3-4,6H2/t10-/m1/s1. The number of halogens is 2. The molecule has 2 nitrogen and oxygen atoms in total. The minimum absolute atomic E-state index is 0.181. The Morgan fingerprint density at radius 2 is 2.36 bits per heavy atom. The smallest absolute Gasteiger partial charge is 0.137 e. The fourth-order valence-electron chi connectivity index (χ4n) is 1.51. The summed E-state index contributed by atoms with van der Waals surface area (Å²) in [7, 11) is 0. The van der Waals surface area contributed by atoms with E-state index in [-0.39, 0.29) is 11.9 Å². The van der Waals surface area contributed by atoms with Crippen LogP contribution in [0.15, 0.2) is 22.7 Å². The van der Waals surface area contributed by atoms with Crippen LogP contribution in [0.3, 0.4) is 0 Å². The van der Waals surface area contributed by atoms with E-state index >= 15 is 0 Å². The van der Waals surface area contributed by atoms with E-state index in [9.17, 15) is 4.39 Å². The van der Waals surface area contributed by atoms with E-state index in [0.717, 1.165) is 18.7 Å². The normalized spacial score (nSPS) is 22.3. The van der Waals surface area contributed by atoms with E-state index in [4.69, 9.17) is 4.74 Å². The molecular formula is C10H11BrFNO. The van der Waals surface area contributed by atoms with Crippen molar-refractivity contribution in [3.8, 4) is 0 Å². The van der Waals surface area contributed by atoms with Crippen molar-refractivity contribution < 1.29 is 9.13 Å². The maximum atomic E-state index is 13.0. The average Bonchev–Trinajstić information content (AvgIpc) is 2.23. The zero-order valence-corrected chi connectivity index (χ0v) is 9.18. The van der Waals surface area contributed by atoms with Gasteiger partial charge in [-0.15, -0.1) is 0 Å². The van der Waals surface area contributed by atoms with Crippen LogP contribution in [0.4, 0.5) is 4.39 Å². The molecule has 4 heteroatoms. The van der Waals surface area contributed by atoms with E-state index < -0.39 is 0 Å². The summed E-state index contributed by atoms with van der Waals surface area (Å²) in [6.45, 7) is 2.25. The average molecular weight is 260 g/mol. The predicted octanol–water partition coefficient (Wildman–Crippen LogP) is 2.25. The molecule has 0 saturated carbocycles. The third-order valence-electron chi connectivity index (χ3n) is 2.27. The van der Waals surface area contributed by atoms with Crippen molar-refractivity contribution in [3.05, 3.63) is 34.1 Å². The monoisotopic (exact) mass is 259 g/mol. The van der Waals surface area contributed by atoms with Gasteiger partial charge in [-0.2, -0.15) is 0 Å². The van der Waals surface area contributed by atoms with Gasteiger partial charge in [0.15, 0.2) is 0 Å². The molecule has 0 bridgehead atoms. The second-order valence-electron chi connectivity index (χ2n) is 3.26. The molecule has 14 heavy (non-hydrogen) atoms. The zero-order chi connectivity index (χ0) is 9.97. The molecule has 1 aromatic carbocycles. The first kappa shape index (κ1) is 10.1. The first-order valence-corrected chi connectivity index (χ1v) is 5.33. The molecule has 0 radical (unpaired) electrons. The van der Waals surface area contributed by atoms with Crippen LogP contribution in [0.5, 0.6) is 0 Å². The molecule has 0 aromatic heterocycles. The van der Waals surface area contributed by atoms with E-state index in [1.165, 1.54) is 6.07 Å². The Bertz CT molecular complexity index is 326. The van der Waals surface area contributed by atoms with Crippen molar-refractivity contribution in [1.29, 1.82) is 0 Å². The first-order valence-electron chi connectivity index (χ1n) is 4.53. The highest BCUT2D eigenvalue weighted by atomic mass is 79.9. The highest BCUT2D eigenvalue weighted by Gasteiger charge is 2.15. The van der Waals surface area contributed by atoms with Crippen molar-refractivity contribution in [2.75, 3.05) is 19.8 Å². The topological polar surface area (TPSA) is 21.3 Å². The molecule has 1 N–H and O–H groups in total. The van der Waals surface area contributed by atoms with Crippen LogP contribution in [0.25, 0.3) is 0 Å². The second kappa shape index (κ2) is 4.38. The van der Waals surface area contributed by atoms with Crippen LogP contribution >= 0.6 is 15.9 Å². The van der Waals surface area contributed by atoms with Crippen molar-refractivity contribution in [3.63, 3.8) is 0 Å². The quantitative estimate of drug-likeness (QED) is 0.836. The highest BCUT2D eigenvalue weighted by molar-refractivity contribution is 9.10. The Hall–Kier alpha value is -0.450. The summed E-state index contributed by atoms with van der Waals surface area (Å²) in [5, 5.41) is 3.31. The van der Waals surface area contributed by atoms with Crippen LogP contribution in [-0.2, 0) is 4.74 Å². The third kappa shape index (κ3) is 2.13. The van der Waals surface area contributed by atoms with Gasteiger partial charge in [0, 0.05) is 6.54 Å². The van der Waals surface area contributed by atoms with Gasteiger partial charge >= 0.3 is 0 Å². The summed E-state index contributed by atoms with van der Waals surface area (Å²) in [5.41, 5.74) is 1.05. The van der Waals surface area contributed by atoms with E-state index in [1.54, 1.807) is 12.1 Å². The molecule has 0 spiro atoms. The fraction of sp³-hybridized carbons (Fsp3) is 0.400. The minimum Gasteiger partial charge on any atom is -0.378 e. The molecule has 76 valence electrons. The Morgan fingerprint density at radius 1 is 1.50 bits per heavy atom. The van der Waals surface area contributed by atoms with E-state index in [1.807, 2.05) is 0 Å². The summed E-state index contributed by atoms with van der Waals surface area (Å²) < 4.78 is 18.8. The minimum atomic E-state index is -0.231. The van der Waals surface area contributed by atoms with Gasteiger partial charge in [0.05, 0.1) is 23.7 Å². The predicted molar refractivity (Wildman–Crippen MR) is 55.7 cm³/mol. The largest absolute Gasteiger partial charge is 0.378 e. The number of hydrogen-bond acceptors (Lipinski definition) is 2. The van der Waals surface area contributed by atoms with Crippen LogP contribution in [-0.4, -0.2) is 19.8 Å². The Labute approximate surface area is 90.6 Å². The molecule has 1 atom stereocenters. The summed E-state index contributed by atoms with van der Waals surface area (Å²) in [5.74, 6) is -0.231. The number of nitrogens with one attached hydrogen (secondary N) is 1. The molecule has 1 fully saturated rings. The van der Waals surface area contributed by atoms with Gasteiger partial charge in [-0.1, -0.05) is 6.07 Å². The molecule has 1 heterocycles. The lowest BCUT2D eigenvalue weighted by molar-refractivity contribution is 0.0768. The van der Waals surface area contributed by atoms with Gasteiger partial charge in [0.25, 0.3) is 0 Å². The molecule has 0 unspecified atom stereocenters. The molecule has 0 amide bonds. The number of morpholine rings is 1. The van der Waals surface area contributed by atoms with Gasteiger partial charge in [-0.05, 0) is 33.6 Å². The number of benzene rings is 1. The lowest BCUT2D eigenvalue weighted by Crippen LogP contribution is -2.34. The van der Waals surface area contributed by atoms with E-state index in [2.05, 4.69) is 21.2 Å². The van der Waals surface area contributed by atoms with Gasteiger partial charge < -0.3 is 10.1 Å². The molecule has 1 aliphatic rings. The van der Waals surface area contributed by atoms with E-state index in [0.29, 0.717) is 11.1 Å². The van der Waals surface area contributed by atoms with Crippen molar-refractivity contribution in [2.45, 2.75) is 6.04 Å². The number of hydrogen-bond donors (Lipinski definition) is 1. The molecule has 1 aliphatic heterocycles. The summed E-state index contributed by atoms with van der Waals surface area (Å²) in [6.07, 6.45) is 0. The molecule has 1 saturated heterocycles. The van der Waals surface area contributed by atoms with Crippen molar-refractivity contribution in [2.24, 2.45) is 0 Å². The molecule has 2 rings (SSSR count). The van der Waals surface area contributed by atoms with Gasteiger partial charge in [-0.3, -0.25) is 0 Å². The number of rotatable bonds is 1. The molecule has 0 aliphatic carbocycles. The van der Waals surface area contributed by atoms with Gasteiger partial charge in [0.2, 0.25) is 0 Å². The first-order chi connectivity index (χ1) is 6.77. The van der Waals surface area contributed by atoms with Crippen LogP contribution in [0.1, 0.15) is 11.6 Å². The lowest BCUT2D eigenvalue weighted by atomic mass is 10.1. The Morgan fingerprint density at radius 3 is 3.00 bits per heavy atom. The van der Waals surface area contributed by atoms with Crippen molar-refractivity contribution in [1.82, 2.24) is 5.32 Å². The summed E-state index contributed by atoms with van der Waals surface area (Å²) >= 11 is 3.17. The Kier molecular flexibility index (Phi) is 3.15. The fourth-order valence-corrected chi connectivity index (χ4v) is 1.91. The maximum absolute atomic E-state index is 13.0. The summed E-state index contributed by atoms with van der Waals surface area (Å²) in [4.78, 5) is 0. The van der Waals surface area contributed by atoms with Gasteiger partial charge in [-0.25, -0.2) is 4.39 Å².